The average molecular weight is 453 g/mol. The van der Waals surface area contributed by atoms with Gasteiger partial charge in [-0.3, -0.25) is 0 Å². The third kappa shape index (κ3) is 5.04. The van der Waals surface area contributed by atoms with Gasteiger partial charge in [0.2, 0.25) is 0 Å². The molecule has 0 aromatic heterocycles. The van der Waals surface area contributed by atoms with Gasteiger partial charge in [0.1, 0.15) is 12.4 Å². The number of aryl methyl sites for hydroxylation is 2. The Hall–Kier alpha value is -2.54. The van der Waals surface area contributed by atoms with Crippen LogP contribution in [-0.4, -0.2) is 0 Å². The number of benzene rings is 3. The van der Waals surface area contributed by atoms with Gasteiger partial charge in [-0.15, -0.1) is 0 Å². The summed E-state index contributed by atoms with van der Waals surface area (Å²) in [7, 11) is 0. The number of hydrogen-bond donors (Lipinski definition) is 0. The molecule has 0 aliphatic rings. The largest absolute Gasteiger partial charge is 0.488 e. The Morgan fingerprint density at radius 1 is 1.07 bits per heavy atom. The van der Waals surface area contributed by atoms with E-state index in [0.29, 0.717) is 17.2 Å². The van der Waals surface area contributed by atoms with Crippen LogP contribution >= 0.6 is 27.5 Å². The zero-order valence-electron chi connectivity index (χ0n) is 15.7. The van der Waals surface area contributed by atoms with Gasteiger partial charge in [0, 0.05) is 9.50 Å². The lowest BCUT2D eigenvalue weighted by molar-refractivity contribution is 0.302. The highest BCUT2D eigenvalue weighted by Crippen LogP contribution is 2.28. The minimum absolute atomic E-state index is 0.482. The second kappa shape index (κ2) is 9.10. The molecule has 0 bridgehead atoms. The van der Waals surface area contributed by atoms with Crippen molar-refractivity contribution in [3.05, 3.63) is 98.0 Å². The molecule has 0 heterocycles. The highest BCUT2D eigenvalue weighted by Gasteiger charge is 2.08. The predicted octanol–water partition coefficient (Wildman–Crippen LogP) is 7.36. The van der Waals surface area contributed by atoms with Gasteiger partial charge >= 0.3 is 0 Å². The topological polar surface area (TPSA) is 33.0 Å². The van der Waals surface area contributed by atoms with Gasteiger partial charge in [0.05, 0.1) is 11.6 Å². The van der Waals surface area contributed by atoms with E-state index in [1.807, 2.05) is 80.6 Å². The van der Waals surface area contributed by atoms with Crippen molar-refractivity contribution in [1.82, 2.24) is 0 Å². The third-order valence-electron chi connectivity index (χ3n) is 4.35. The number of hydrogen-bond acceptors (Lipinski definition) is 2. The minimum atomic E-state index is 0.482. The van der Waals surface area contributed by atoms with Crippen molar-refractivity contribution in [2.24, 2.45) is 0 Å². The standard InChI is InChI=1S/C24H19BrClNO/c1-16-10-19(12-21(14-27)20-4-3-5-22(25)13-20)11-17(2)24(16)28-15-18-6-8-23(26)9-7-18/h3-13H,15H2,1-2H3/b21-12+. The molecule has 0 aliphatic heterocycles. The maximum Gasteiger partial charge on any atom is 0.125 e. The van der Waals surface area contributed by atoms with Gasteiger partial charge in [-0.1, -0.05) is 51.8 Å². The summed E-state index contributed by atoms with van der Waals surface area (Å²) in [6, 6.07) is 21.8. The smallest absolute Gasteiger partial charge is 0.125 e. The molecule has 4 heteroatoms. The first kappa shape index (κ1) is 20.2. The number of allylic oxidation sites excluding steroid dienone is 1. The number of nitriles is 1. The highest BCUT2D eigenvalue weighted by atomic mass is 79.9. The summed E-state index contributed by atoms with van der Waals surface area (Å²) in [6.45, 7) is 4.52. The minimum Gasteiger partial charge on any atom is -0.488 e. The van der Waals surface area contributed by atoms with Crippen LogP contribution in [0.4, 0.5) is 0 Å². The molecule has 0 radical (unpaired) electrons. The molecule has 0 aliphatic carbocycles. The van der Waals surface area contributed by atoms with E-state index in [9.17, 15) is 5.26 Å². The first-order chi connectivity index (χ1) is 13.5. The van der Waals surface area contributed by atoms with E-state index in [4.69, 9.17) is 16.3 Å². The van der Waals surface area contributed by atoms with Crippen molar-refractivity contribution >= 4 is 39.2 Å². The maximum atomic E-state index is 9.59. The number of rotatable bonds is 5. The molecule has 28 heavy (non-hydrogen) atoms. The first-order valence-electron chi connectivity index (χ1n) is 8.82. The van der Waals surface area contributed by atoms with Crippen LogP contribution in [-0.2, 0) is 6.61 Å². The van der Waals surface area contributed by atoms with Crippen LogP contribution in [0.2, 0.25) is 5.02 Å². The fourth-order valence-electron chi connectivity index (χ4n) is 3.03. The molecule has 3 rings (SSSR count). The normalized spacial score (nSPS) is 11.2. The second-order valence-electron chi connectivity index (χ2n) is 6.58. The monoisotopic (exact) mass is 451 g/mol. The van der Waals surface area contributed by atoms with Crippen LogP contribution in [0.15, 0.2) is 65.1 Å². The van der Waals surface area contributed by atoms with Crippen molar-refractivity contribution in [2.75, 3.05) is 0 Å². The SMILES string of the molecule is Cc1cc(/C=C(\C#N)c2cccc(Br)c2)cc(C)c1OCc1ccc(Cl)cc1. The average Bonchev–Trinajstić information content (AvgIpc) is 2.67. The van der Waals surface area contributed by atoms with Crippen LogP contribution in [0.1, 0.15) is 27.8 Å². The fraction of sp³-hybridized carbons (Fsp3) is 0.125. The van der Waals surface area contributed by atoms with Gasteiger partial charge in [0.15, 0.2) is 0 Å². The van der Waals surface area contributed by atoms with Crippen LogP contribution in [0, 0.1) is 25.2 Å². The summed E-state index contributed by atoms with van der Waals surface area (Å²) in [5, 5.41) is 10.3. The predicted molar refractivity (Wildman–Crippen MR) is 119 cm³/mol. The number of nitrogens with zero attached hydrogens (tertiary/aromatic N) is 1. The molecule has 2 nitrogen and oxygen atoms in total. The Morgan fingerprint density at radius 3 is 2.36 bits per heavy atom. The molecule has 0 saturated carbocycles. The molecule has 0 unspecified atom stereocenters. The van der Waals surface area contributed by atoms with Crippen molar-refractivity contribution in [3.8, 4) is 11.8 Å². The Labute approximate surface area is 179 Å². The Bertz CT molecular complexity index is 1040. The van der Waals surface area contributed by atoms with Gasteiger partial charge in [-0.05, 0) is 84.1 Å². The highest BCUT2D eigenvalue weighted by molar-refractivity contribution is 9.10. The summed E-state index contributed by atoms with van der Waals surface area (Å²) >= 11 is 9.39. The number of halogens is 2. The van der Waals surface area contributed by atoms with E-state index in [1.165, 1.54) is 0 Å². The zero-order chi connectivity index (χ0) is 20.1. The quantitative estimate of drug-likeness (QED) is 0.299. The maximum absolute atomic E-state index is 9.59. The van der Waals surface area contributed by atoms with E-state index in [0.717, 1.165) is 38.0 Å². The first-order valence-corrected chi connectivity index (χ1v) is 9.99. The van der Waals surface area contributed by atoms with Crippen molar-refractivity contribution < 1.29 is 4.74 Å². The van der Waals surface area contributed by atoms with E-state index in [-0.39, 0.29) is 0 Å². The molecular formula is C24H19BrClNO. The van der Waals surface area contributed by atoms with Crippen LogP contribution in [0.5, 0.6) is 5.75 Å². The van der Waals surface area contributed by atoms with Crippen LogP contribution in [0.25, 0.3) is 11.6 Å². The lowest BCUT2D eigenvalue weighted by Gasteiger charge is -2.13. The van der Waals surface area contributed by atoms with E-state index >= 15 is 0 Å². The number of ether oxygens (including phenoxy) is 1. The Balaban J connectivity index is 1.84. The summed E-state index contributed by atoms with van der Waals surface area (Å²) < 4.78 is 6.99. The molecular weight excluding hydrogens is 434 g/mol. The Kier molecular flexibility index (Phi) is 6.57. The molecule has 3 aromatic rings. The lowest BCUT2D eigenvalue weighted by Crippen LogP contribution is -1.99. The molecule has 0 N–H and O–H groups in total. The van der Waals surface area contributed by atoms with Gasteiger partial charge < -0.3 is 4.74 Å². The molecule has 0 atom stereocenters. The van der Waals surface area contributed by atoms with E-state index in [2.05, 4.69) is 22.0 Å². The van der Waals surface area contributed by atoms with Gasteiger partial charge in [-0.2, -0.15) is 5.26 Å². The van der Waals surface area contributed by atoms with Crippen molar-refractivity contribution in [2.45, 2.75) is 20.5 Å². The summed E-state index contributed by atoms with van der Waals surface area (Å²) in [5.74, 6) is 0.869. The molecule has 3 aromatic carbocycles. The van der Waals surface area contributed by atoms with Crippen LogP contribution < -0.4 is 4.74 Å². The third-order valence-corrected chi connectivity index (χ3v) is 5.09. The summed E-state index contributed by atoms with van der Waals surface area (Å²) in [6.07, 6.45) is 1.91. The van der Waals surface area contributed by atoms with E-state index < -0.39 is 0 Å². The fourth-order valence-corrected chi connectivity index (χ4v) is 3.56. The van der Waals surface area contributed by atoms with Gasteiger partial charge in [-0.25, -0.2) is 0 Å². The molecule has 140 valence electrons. The molecule has 0 amide bonds. The molecule has 0 spiro atoms. The molecule has 0 saturated heterocycles. The van der Waals surface area contributed by atoms with E-state index in [1.54, 1.807) is 0 Å². The van der Waals surface area contributed by atoms with Crippen molar-refractivity contribution in [3.63, 3.8) is 0 Å². The van der Waals surface area contributed by atoms with Gasteiger partial charge in [0.25, 0.3) is 0 Å². The second-order valence-corrected chi connectivity index (χ2v) is 7.93. The summed E-state index contributed by atoms with van der Waals surface area (Å²) in [5.41, 5.74) is 5.61. The molecule has 0 fully saturated rings. The lowest BCUT2D eigenvalue weighted by atomic mass is 10.0. The zero-order valence-corrected chi connectivity index (χ0v) is 18.0. The summed E-state index contributed by atoms with van der Waals surface area (Å²) in [4.78, 5) is 0. The van der Waals surface area contributed by atoms with Crippen molar-refractivity contribution in [1.29, 1.82) is 5.26 Å². The Morgan fingerprint density at radius 2 is 1.75 bits per heavy atom. The van der Waals surface area contributed by atoms with Crippen LogP contribution in [0.3, 0.4) is 0 Å².